The van der Waals surface area contributed by atoms with Gasteiger partial charge in [0.15, 0.2) is 0 Å². The van der Waals surface area contributed by atoms with Crippen molar-refractivity contribution in [3.05, 3.63) is 22.4 Å². The zero-order chi connectivity index (χ0) is 9.52. The predicted molar refractivity (Wildman–Crippen MR) is 52.7 cm³/mol. The smallest absolute Gasteiger partial charge is 0.210 e. The molecule has 1 amide bonds. The average molecular weight is 199 g/mol. The van der Waals surface area contributed by atoms with Crippen molar-refractivity contribution in [1.82, 2.24) is 4.90 Å². The lowest BCUT2D eigenvalue weighted by Crippen LogP contribution is -2.24. The van der Waals surface area contributed by atoms with Crippen LogP contribution in [0.4, 0.5) is 0 Å². The first kappa shape index (κ1) is 10.2. The molecular weight excluding hydrogens is 186 g/mol. The van der Waals surface area contributed by atoms with E-state index in [0.717, 1.165) is 6.41 Å². The number of amides is 1. The standard InChI is InChI=1S/C9H13NO2S/c1-12-5-4-10(8-11)7-9-3-2-6-13-9/h2-3,6,8H,4-5,7H2,1H3. The van der Waals surface area contributed by atoms with E-state index < -0.39 is 0 Å². The van der Waals surface area contributed by atoms with Crippen LogP contribution in [0, 0.1) is 0 Å². The summed E-state index contributed by atoms with van der Waals surface area (Å²) < 4.78 is 4.90. The van der Waals surface area contributed by atoms with Crippen molar-refractivity contribution in [2.45, 2.75) is 6.54 Å². The highest BCUT2D eigenvalue weighted by Crippen LogP contribution is 2.10. The van der Waals surface area contributed by atoms with Gasteiger partial charge in [-0.15, -0.1) is 11.3 Å². The predicted octanol–water partition coefficient (Wildman–Crippen LogP) is 1.35. The fourth-order valence-corrected chi connectivity index (χ4v) is 1.71. The van der Waals surface area contributed by atoms with E-state index in [0.29, 0.717) is 19.7 Å². The molecule has 0 saturated carbocycles. The van der Waals surface area contributed by atoms with Gasteiger partial charge in [-0.2, -0.15) is 0 Å². The minimum atomic E-state index is 0.587. The molecule has 1 rings (SSSR count). The van der Waals surface area contributed by atoms with E-state index in [1.54, 1.807) is 23.3 Å². The quantitative estimate of drug-likeness (QED) is 0.647. The molecule has 0 aromatic carbocycles. The Morgan fingerprint density at radius 1 is 1.69 bits per heavy atom. The van der Waals surface area contributed by atoms with Crippen molar-refractivity contribution in [3.63, 3.8) is 0 Å². The van der Waals surface area contributed by atoms with Crippen LogP contribution in [0.3, 0.4) is 0 Å². The maximum Gasteiger partial charge on any atom is 0.210 e. The van der Waals surface area contributed by atoms with Crippen LogP contribution in [0.1, 0.15) is 4.88 Å². The molecule has 3 nitrogen and oxygen atoms in total. The fourth-order valence-electron chi connectivity index (χ4n) is 0.980. The molecule has 0 bridgehead atoms. The Bertz CT molecular complexity index is 236. The molecule has 0 radical (unpaired) electrons. The first-order chi connectivity index (χ1) is 6.36. The van der Waals surface area contributed by atoms with Gasteiger partial charge in [0.2, 0.25) is 6.41 Å². The second-order valence-corrected chi connectivity index (χ2v) is 3.68. The summed E-state index contributed by atoms with van der Waals surface area (Å²) in [5, 5.41) is 2.01. The zero-order valence-corrected chi connectivity index (χ0v) is 8.42. The van der Waals surface area contributed by atoms with Gasteiger partial charge in [0.05, 0.1) is 13.2 Å². The van der Waals surface area contributed by atoms with E-state index in [2.05, 4.69) is 0 Å². The molecular formula is C9H13NO2S. The van der Waals surface area contributed by atoms with Gasteiger partial charge in [0.1, 0.15) is 0 Å². The van der Waals surface area contributed by atoms with Gasteiger partial charge < -0.3 is 9.64 Å². The topological polar surface area (TPSA) is 29.5 Å². The van der Waals surface area contributed by atoms with E-state index in [-0.39, 0.29) is 0 Å². The second-order valence-electron chi connectivity index (χ2n) is 2.65. The first-order valence-electron chi connectivity index (χ1n) is 4.07. The van der Waals surface area contributed by atoms with Gasteiger partial charge in [-0.05, 0) is 11.4 Å². The molecule has 0 fully saturated rings. The number of nitrogens with zero attached hydrogens (tertiary/aromatic N) is 1. The number of hydrogen-bond donors (Lipinski definition) is 0. The number of rotatable bonds is 6. The fraction of sp³-hybridized carbons (Fsp3) is 0.444. The Kier molecular flexibility index (Phi) is 4.49. The Balaban J connectivity index is 2.35. The molecule has 1 heterocycles. The zero-order valence-electron chi connectivity index (χ0n) is 7.60. The number of ether oxygens (including phenoxy) is 1. The summed E-state index contributed by atoms with van der Waals surface area (Å²) in [7, 11) is 1.63. The van der Waals surface area contributed by atoms with E-state index in [1.807, 2.05) is 17.5 Å². The number of methoxy groups -OCH3 is 1. The van der Waals surface area contributed by atoms with Gasteiger partial charge >= 0.3 is 0 Å². The van der Waals surface area contributed by atoms with Crippen LogP contribution in [-0.4, -0.2) is 31.6 Å². The van der Waals surface area contributed by atoms with Crippen LogP contribution in [-0.2, 0) is 16.1 Å². The van der Waals surface area contributed by atoms with Crippen LogP contribution in [0.5, 0.6) is 0 Å². The highest BCUT2D eigenvalue weighted by atomic mass is 32.1. The lowest BCUT2D eigenvalue weighted by atomic mass is 10.4. The maximum absolute atomic E-state index is 10.6. The average Bonchev–Trinajstić information content (AvgIpc) is 2.64. The van der Waals surface area contributed by atoms with Gasteiger partial charge in [-0.3, -0.25) is 4.79 Å². The second kappa shape index (κ2) is 5.72. The lowest BCUT2D eigenvalue weighted by molar-refractivity contribution is -0.119. The summed E-state index contributed by atoms with van der Waals surface area (Å²) in [6.07, 6.45) is 0.860. The van der Waals surface area contributed by atoms with Crippen molar-refractivity contribution in [3.8, 4) is 0 Å². The maximum atomic E-state index is 10.6. The van der Waals surface area contributed by atoms with Crippen LogP contribution in [0.25, 0.3) is 0 Å². The van der Waals surface area contributed by atoms with Gasteiger partial charge in [-0.25, -0.2) is 0 Å². The van der Waals surface area contributed by atoms with Gasteiger partial charge in [0, 0.05) is 18.5 Å². The summed E-state index contributed by atoms with van der Waals surface area (Å²) in [6, 6.07) is 4.01. The van der Waals surface area contributed by atoms with Gasteiger partial charge in [-0.1, -0.05) is 6.07 Å². The molecule has 0 atom stereocenters. The number of hydrogen-bond acceptors (Lipinski definition) is 3. The first-order valence-corrected chi connectivity index (χ1v) is 4.95. The van der Waals surface area contributed by atoms with E-state index in [4.69, 9.17) is 4.74 Å². The molecule has 1 aromatic rings. The Morgan fingerprint density at radius 3 is 3.08 bits per heavy atom. The molecule has 0 spiro atoms. The monoisotopic (exact) mass is 199 g/mol. The molecule has 1 aromatic heterocycles. The molecule has 0 aliphatic heterocycles. The Labute approximate surface area is 81.9 Å². The largest absolute Gasteiger partial charge is 0.383 e. The molecule has 4 heteroatoms. The summed E-state index contributed by atoms with van der Waals surface area (Å²) in [6.45, 7) is 1.92. The summed E-state index contributed by atoms with van der Waals surface area (Å²) in [5.41, 5.74) is 0. The molecule has 0 saturated heterocycles. The molecule has 0 unspecified atom stereocenters. The summed E-state index contributed by atoms with van der Waals surface area (Å²) >= 11 is 1.66. The Hall–Kier alpha value is -0.870. The Morgan fingerprint density at radius 2 is 2.54 bits per heavy atom. The van der Waals surface area contributed by atoms with Crippen molar-refractivity contribution in [1.29, 1.82) is 0 Å². The van der Waals surface area contributed by atoms with E-state index in [1.165, 1.54) is 4.88 Å². The third kappa shape index (κ3) is 3.57. The summed E-state index contributed by atoms with van der Waals surface area (Å²) in [5.74, 6) is 0. The molecule has 0 aliphatic rings. The number of carbonyl (C=O) groups is 1. The number of thiophene rings is 1. The summed E-state index contributed by atoms with van der Waals surface area (Å²) in [4.78, 5) is 13.5. The van der Waals surface area contributed by atoms with E-state index in [9.17, 15) is 4.79 Å². The van der Waals surface area contributed by atoms with Crippen LogP contribution >= 0.6 is 11.3 Å². The lowest BCUT2D eigenvalue weighted by Gasteiger charge is -2.15. The van der Waals surface area contributed by atoms with E-state index >= 15 is 0 Å². The third-order valence-corrected chi connectivity index (χ3v) is 2.53. The van der Waals surface area contributed by atoms with Crippen LogP contribution in [0.2, 0.25) is 0 Å². The SMILES string of the molecule is COCCN(C=O)Cc1cccs1. The molecule has 0 N–H and O–H groups in total. The van der Waals surface area contributed by atoms with Crippen molar-refractivity contribution in [2.24, 2.45) is 0 Å². The van der Waals surface area contributed by atoms with Crippen LogP contribution in [0.15, 0.2) is 17.5 Å². The van der Waals surface area contributed by atoms with Crippen molar-refractivity contribution < 1.29 is 9.53 Å². The minimum Gasteiger partial charge on any atom is -0.383 e. The molecule has 72 valence electrons. The third-order valence-electron chi connectivity index (χ3n) is 1.67. The normalized spacial score (nSPS) is 9.92. The van der Waals surface area contributed by atoms with Crippen LogP contribution < -0.4 is 0 Å². The molecule has 0 aliphatic carbocycles. The minimum absolute atomic E-state index is 0.587. The highest BCUT2D eigenvalue weighted by molar-refractivity contribution is 7.09. The van der Waals surface area contributed by atoms with Gasteiger partial charge in [0.25, 0.3) is 0 Å². The van der Waals surface area contributed by atoms with Crippen molar-refractivity contribution >= 4 is 17.7 Å². The number of carbonyl (C=O) groups excluding carboxylic acids is 1. The highest BCUT2D eigenvalue weighted by Gasteiger charge is 2.02. The molecule has 13 heavy (non-hydrogen) atoms. The van der Waals surface area contributed by atoms with Crippen molar-refractivity contribution in [2.75, 3.05) is 20.3 Å².